The van der Waals surface area contributed by atoms with Gasteiger partial charge in [-0.3, -0.25) is 0 Å². The summed E-state index contributed by atoms with van der Waals surface area (Å²) in [6.07, 6.45) is 0.701. The highest BCUT2D eigenvalue weighted by Crippen LogP contribution is 2.27. The molecule has 16 heavy (non-hydrogen) atoms. The molecule has 3 heteroatoms. The first-order valence-corrected chi connectivity index (χ1v) is 5.84. The SMILES string of the molecule is CC(NC[C@@H](C)O)c1ccc2c(c1)CCO2. The monoisotopic (exact) mass is 221 g/mol. The van der Waals surface area contributed by atoms with E-state index in [4.69, 9.17) is 4.74 Å². The lowest BCUT2D eigenvalue weighted by molar-refractivity contribution is 0.187. The fourth-order valence-electron chi connectivity index (χ4n) is 1.94. The Kier molecular flexibility index (Phi) is 3.46. The largest absolute Gasteiger partial charge is 0.493 e. The molecular weight excluding hydrogens is 202 g/mol. The molecule has 0 fully saturated rings. The van der Waals surface area contributed by atoms with E-state index >= 15 is 0 Å². The average molecular weight is 221 g/mol. The summed E-state index contributed by atoms with van der Waals surface area (Å²) in [5.41, 5.74) is 2.55. The summed E-state index contributed by atoms with van der Waals surface area (Å²) in [6.45, 7) is 5.32. The Hall–Kier alpha value is -1.06. The van der Waals surface area contributed by atoms with Gasteiger partial charge < -0.3 is 15.2 Å². The summed E-state index contributed by atoms with van der Waals surface area (Å²) in [7, 11) is 0. The molecule has 88 valence electrons. The molecule has 0 spiro atoms. The van der Waals surface area contributed by atoms with Crippen LogP contribution in [-0.2, 0) is 6.42 Å². The zero-order chi connectivity index (χ0) is 11.5. The van der Waals surface area contributed by atoms with E-state index in [1.54, 1.807) is 6.92 Å². The second-order valence-corrected chi connectivity index (χ2v) is 4.44. The average Bonchev–Trinajstić information content (AvgIpc) is 2.72. The lowest BCUT2D eigenvalue weighted by atomic mass is 10.0. The van der Waals surface area contributed by atoms with Crippen LogP contribution in [0, 0.1) is 0 Å². The quantitative estimate of drug-likeness (QED) is 0.812. The molecule has 1 aliphatic rings. The smallest absolute Gasteiger partial charge is 0.122 e. The fraction of sp³-hybridized carbons (Fsp3) is 0.538. The second-order valence-electron chi connectivity index (χ2n) is 4.44. The topological polar surface area (TPSA) is 41.5 Å². The van der Waals surface area contributed by atoms with E-state index in [-0.39, 0.29) is 12.1 Å². The van der Waals surface area contributed by atoms with Gasteiger partial charge in [0.25, 0.3) is 0 Å². The number of hydrogen-bond acceptors (Lipinski definition) is 3. The molecule has 2 atom stereocenters. The van der Waals surface area contributed by atoms with Crippen LogP contribution in [0.5, 0.6) is 5.75 Å². The number of rotatable bonds is 4. The van der Waals surface area contributed by atoms with Crippen LogP contribution in [0.4, 0.5) is 0 Å². The van der Waals surface area contributed by atoms with Gasteiger partial charge in [0.05, 0.1) is 12.7 Å². The van der Waals surface area contributed by atoms with Crippen molar-refractivity contribution in [2.24, 2.45) is 0 Å². The van der Waals surface area contributed by atoms with Crippen molar-refractivity contribution in [1.29, 1.82) is 0 Å². The highest BCUT2D eigenvalue weighted by Gasteiger charge is 2.14. The molecular formula is C13H19NO2. The standard InChI is InChI=1S/C13H19NO2/c1-9(15)8-14-10(2)11-3-4-13-12(7-11)5-6-16-13/h3-4,7,9-10,14-15H,5-6,8H2,1-2H3/t9-,10?/m1/s1. The summed E-state index contributed by atoms with van der Waals surface area (Å²) in [5.74, 6) is 1.02. The second kappa shape index (κ2) is 4.85. The normalized spacial score (nSPS) is 17.7. The predicted octanol–water partition coefficient (Wildman–Crippen LogP) is 1.65. The molecule has 1 heterocycles. The molecule has 0 saturated heterocycles. The van der Waals surface area contributed by atoms with Crippen molar-refractivity contribution in [2.75, 3.05) is 13.2 Å². The van der Waals surface area contributed by atoms with E-state index in [9.17, 15) is 5.11 Å². The number of aliphatic hydroxyl groups is 1. The maximum Gasteiger partial charge on any atom is 0.122 e. The highest BCUT2D eigenvalue weighted by molar-refractivity contribution is 5.40. The van der Waals surface area contributed by atoms with Crippen LogP contribution in [-0.4, -0.2) is 24.4 Å². The Bertz CT molecular complexity index is 363. The molecule has 0 aromatic heterocycles. The molecule has 0 saturated carbocycles. The Morgan fingerprint density at radius 1 is 1.44 bits per heavy atom. The van der Waals surface area contributed by atoms with E-state index in [0.717, 1.165) is 18.8 Å². The molecule has 0 aliphatic carbocycles. The third kappa shape index (κ3) is 2.54. The van der Waals surface area contributed by atoms with Crippen LogP contribution in [0.3, 0.4) is 0 Å². The molecule has 1 aromatic carbocycles. The number of hydrogen-bond donors (Lipinski definition) is 2. The minimum atomic E-state index is -0.305. The molecule has 0 radical (unpaired) electrons. The van der Waals surface area contributed by atoms with Gasteiger partial charge in [0.1, 0.15) is 5.75 Å². The van der Waals surface area contributed by atoms with Crippen LogP contribution >= 0.6 is 0 Å². The van der Waals surface area contributed by atoms with Crippen molar-refractivity contribution in [1.82, 2.24) is 5.32 Å². The number of nitrogens with one attached hydrogen (secondary N) is 1. The third-order valence-electron chi connectivity index (χ3n) is 2.93. The molecule has 2 N–H and O–H groups in total. The summed E-state index contributed by atoms with van der Waals surface area (Å²) in [6, 6.07) is 6.59. The highest BCUT2D eigenvalue weighted by atomic mass is 16.5. The van der Waals surface area contributed by atoms with Gasteiger partial charge in [0, 0.05) is 19.0 Å². The lowest BCUT2D eigenvalue weighted by Gasteiger charge is -2.16. The molecule has 1 aliphatic heterocycles. The summed E-state index contributed by atoms with van der Waals surface area (Å²) >= 11 is 0. The molecule has 1 unspecified atom stereocenters. The van der Waals surface area contributed by atoms with E-state index < -0.39 is 0 Å². The van der Waals surface area contributed by atoms with Crippen LogP contribution in [0.25, 0.3) is 0 Å². The maximum absolute atomic E-state index is 9.22. The van der Waals surface area contributed by atoms with Crippen molar-refractivity contribution in [3.63, 3.8) is 0 Å². The summed E-state index contributed by atoms with van der Waals surface area (Å²) in [4.78, 5) is 0. The van der Waals surface area contributed by atoms with Gasteiger partial charge >= 0.3 is 0 Å². The summed E-state index contributed by atoms with van der Waals surface area (Å²) in [5, 5.41) is 12.5. The number of fused-ring (bicyclic) bond motifs is 1. The number of benzene rings is 1. The Morgan fingerprint density at radius 3 is 3.00 bits per heavy atom. The van der Waals surface area contributed by atoms with Crippen LogP contribution in [0.1, 0.15) is 31.0 Å². The van der Waals surface area contributed by atoms with Gasteiger partial charge in [-0.1, -0.05) is 12.1 Å². The first kappa shape index (κ1) is 11.4. The van der Waals surface area contributed by atoms with Gasteiger partial charge in [-0.25, -0.2) is 0 Å². The van der Waals surface area contributed by atoms with E-state index in [1.807, 2.05) is 6.07 Å². The van der Waals surface area contributed by atoms with Crippen molar-refractivity contribution in [3.8, 4) is 5.75 Å². The van der Waals surface area contributed by atoms with Crippen molar-refractivity contribution >= 4 is 0 Å². The third-order valence-corrected chi connectivity index (χ3v) is 2.93. The van der Waals surface area contributed by atoms with E-state index in [0.29, 0.717) is 6.54 Å². The number of ether oxygens (including phenoxy) is 1. The zero-order valence-electron chi connectivity index (χ0n) is 9.86. The predicted molar refractivity (Wildman–Crippen MR) is 63.7 cm³/mol. The van der Waals surface area contributed by atoms with Crippen molar-refractivity contribution in [3.05, 3.63) is 29.3 Å². The Balaban J connectivity index is 2.03. The lowest BCUT2D eigenvalue weighted by Crippen LogP contribution is -2.27. The maximum atomic E-state index is 9.22. The van der Waals surface area contributed by atoms with E-state index in [2.05, 4.69) is 24.4 Å². The summed E-state index contributed by atoms with van der Waals surface area (Å²) < 4.78 is 5.47. The van der Waals surface area contributed by atoms with Crippen LogP contribution in [0.15, 0.2) is 18.2 Å². The van der Waals surface area contributed by atoms with Gasteiger partial charge in [-0.15, -0.1) is 0 Å². The first-order valence-electron chi connectivity index (χ1n) is 5.84. The molecule has 0 amide bonds. The fourth-order valence-corrected chi connectivity index (χ4v) is 1.94. The van der Waals surface area contributed by atoms with Crippen molar-refractivity contribution in [2.45, 2.75) is 32.4 Å². The number of aliphatic hydroxyl groups excluding tert-OH is 1. The van der Waals surface area contributed by atoms with Gasteiger partial charge in [-0.05, 0) is 31.0 Å². The Labute approximate surface area is 96.4 Å². The molecule has 2 rings (SSSR count). The van der Waals surface area contributed by atoms with E-state index in [1.165, 1.54) is 11.1 Å². The first-order chi connectivity index (χ1) is 7.66. The zero-order valence-corrected chi connectivity index (χ0v) is 9.86. The van der Waals surface area contributed by atoms with Crippen LogP contribution < -0.4 is 10.1 Å². The minimum absolute atomic E-state index is 0.264. The van der Waals surface area contributed by atoms with Crippen molar-refractivity contribution < 1.29 is 9.84 Å². The van der Waals surface area contributed by atoms with Gasteiger partial charge in [-0.2, -0.15) is 0 Å². The van der Waals surface area contributed by atoms with Gasteiger partial charge in [0.2, 0.25) is 0 Å². The molecule has 0 bridgehead atoms. The van der Waals surface area contributed by atoms with Crippen LogP contribution in [0.2, 0.25) is 0 Å². The Morgan fingerprint density at radius 2 is 2.25 bits per heavy atom. The van der Waals surface area contributed by atoms with Gasteiger partial charge in [0.15, 0.2) is 0 Å². The minimum Gasteiger partial charge on any atom is -0.493 e. The molecule has 3 nitrogen and oxygen atoms in total. The molecule has 1 aromatic rings.